The third-order valence-corrected chi connectivity index (χ3v) is 5.69. The largest absolute Gasteiger partial charge is 0.317 e. The fourth-order valence-corrected chi connectivity index (χ4v) is 4.02. The van der Waals surface area contributed by atoms with E-state index < -0.39 is 11.5 Å². The maximum Gasteiger partial charge on any atom is 0.177 e. The topological polar surface area (TPSA) is 76.8 Å². The van der Waals surface area contributed by atoms with Crippen molar-refractivity contribution in [2.45, 2.75) is 38.8 Å². The van der Waals surface area contributed by atoms with Gasteiger partial charge in [-0.3, -0.25) is 4.79 Å². The highest BCUT2D eigenvalue weighted by atomic mass is 19.1. The Balaban J connectivity index is 1.49. The first kappa shape index (κ1) is 20.5. The molecule has 0 spiro atoms. The van der Waals surface area contributed by atoms with Gasteiger partial charge < -0.3 is 9.47 Å². The lowest BCUT2D eigenvalue weighted by atomic mass is 9.87. The fraction of sp³-hybridized carbons (Fsp3) is 0.500. The number of Topliss-reactive ketones (excluding diaryl/α,β-unsaturated/α-hetero) is 1. The van der Waals surface area contributed by atoms with E-state index in [4.69, 9.17) is 0 Å². The number of hydrogen-bond acceptors (Lipinski definition) is 6. The lowest BCUT2D eigenvalue weighted by molar-refractivity contribution is -0.133. The first-order chi connectivity index (χ1) is 14.3. The molecule has 30 heavy (non-hydrogen) atoms. The molecule has 4 rings (SSSR count). The van der Waals surface area contributed by atoms with E-state index >= 15 is 4.39 Å². The van der Waals surface area contributed by atoms with Crippen molar-refractivity contribution in [3.63, 3.8) is 0 Å². The maximum atomic E-state index is 15.3. The number of rotatable bonds is 6. The predicted octanol–water partition coefficient (Wildman–Crippen LogP) is 3.00. The second kappa shape index (κ2) is 8.18. The second-order valence-electron chi connectivity index (χ2n) is 8.58. The van der Waals surface area contributed by atoms with Crippen LogP contribution in [0, 0.1) is 5.92 Å². The number of halogens is 1. The number of ketones is 1. The fourth-order valence-electron chi connectivity index (χ4n) is 4.02. The van der Waals surface area contributed by atoms with Crippen molar-refractivity contribution in [1.29, 1.82) is 0 Å². The van der Waals surface area contributed by atoms with E-state index in [2.05, 4.69) is 38.9 Å². The zero-order chi connectivity index (χ0) is 21.3. The number of aryl methyl sites for hydroxylation is 1. The number of nitrogens with zero attached hydrogens (tertiary/aromatic N) is 6. The number of alkyl halides is 1. The quantitative estimate of drug-likeness (QED) is 0.622. The Morgan fingerprint density at radius 1 is 1.27 bits per heavy atom. The summed E-state index contributed by atoms with van der Waals surface area (Å²) in [6, 6.07) is 5.73. The Kier molecular flexibility index (Phi) is 5.60. The minimum absolute atomic E-state index is 0.0925. The third kappa shape index (κ3) is 4.23. The van der Waals surface area contributed by atoms with Gasteiger partial charge in [0, 0.05) is 56.7 Å². The molecule has 2 aromatic heterocycles. The number of piperidine rings is 1. The number of aromatic nitrogens is 5. The Labute approximate surface area is 175 Å². The van der Waals surface area contributed by atoms with E-state index in [1.807, 2.05) is 29.8 Å². The summed E-state index contributed by atoms with van der Waals surface area (Å²) in [6.45, 7) is 6.45. The summed E-state index contributed by atoms with van der Waals surface area (Å²) in [6.07, 6.45) is 3.70. The molecule has 0 unspecified atom stereocenters. The van der Waals surface area contributed by atoms with Crippen LogP contribution in [-0.4, -0.2) is 60.7 Å². The number of fused-ring (bicyclic) bond motifs is 1. The molecule has 3 aromatic rings. The molecular formula is C22H27FN6O. The molecular weight excluding hydrogens is 383 g/mol. The highest BCUT2D eigenvalue weighted by molar-refractivity contribution is 5.89. The molecule has 0 amide bonds. The van der Waals surface area contributed by atoms with Gasteiger partial charge in [-0.2, -0.15) is 0 Å². The van der Waals surface area contributed by atoms with Crippen LogP contribution in [0.4, 0.5) is 4.39 Å². The summed E-state index contributed by atoms with van der Waals surface area (Å²) in [5.41, 5.74) is -0.211. The van der Waals surface area contributed by atoms with Crippen molar-refractivity contribution in [2.75, 3.05) is 19.6 Å². The minimum atomic E-state index is -1.79. The van der Waals surface area contributed by atoms with Crippen LogP contribution in [0.25, 0.3) is 22.3 Å². The average molecular weight is 410 g/mol. The van der Waals surface area contributed by atoms with Gasteiger partial charge in [0.15, 0.2) is 17.3 Å². The molecule has 0 N–H and O–H groups in total. The Morgan fingerprint density at radius 3 is 2.70 bits per heavy atom. The molecule has 0 bridgehead atoms. The van der Waals surface area contributed by atoms with Crippen LogP contribution in [0.1, 0.15) is 32.5 Å². The normalized spacial score (nSPS) is 17.0. The molecule has 1 aromatic carbocycles. The smallest absolute Gasteiger partial charge is 0.177 e. The Bertz CT molecular complexity index is 1050. The molecule has 158 valence electrons. The van der Waals surface area contributed by atoms with Crippen molar-refractivity contribution >= 4 is 16.7 Å². The first-order valence-electron chi connectivity index (χ1n) is 10.4. The molecule has 0 radical (unpaired) electrons. The van der Waals surface area contributed by atoms with Crippen molar-refractivity contribution < 1.29 is 9.18 Å². The predicted molar refractivity (Wildman–Crippen MR) is 113 cm³/mol. The molecule has 1 aliphatic rings. The number of carbonyl (C=O) groups is 1. The molecule has 1 aliphatic heterocycles. The van der Waals surface area contributed by atoms with E-state index in [0.717, 1.165) is 23.3 Å². The van der Waals surface area contributed by atoms with Crippen molar-refractivity contribution in [3.8, 4) is 11.4 Å². The molecule has 0 atom stereocenters. The number of hydrogen-bond donors (Lipinski definition) is 0. The summed E-state index contributed by atoms with van der Waals surface area (Å²) < 4.78 is 17.1. The zero-order valence-electron chi connectivity index (χ0n) is 17.7. The highest BCUT2D eigenvalue weighted by Crippen LogP contribution is 2.29. The molecule has 3 heterocycles. The summed E-state index contributed by atoms with van der Waals surface area (Å²) >= 11 is 0. The number of likely N-dealkylation sites (tertiary alicyclic amines) is 1. The van der Waals surface area contributed by atoms with Gasteiger partial charge in [0.1, 0.15) is 12.2 Å². The van der Waals surface area contributed by atoms with Crippen LogP contribution in [0.15, 0.2) is 30.7 Å². The number of carbonyl (C=O) groups excluding carboxylic acids is 1. The molecule has 8 heteroatoms. The molecule has 0 saturated carbocycles. The van der Waals surface area contributed by atoms with Gasteiger partial charge in [-0.15, -0.1) is 10.2 Å². The molecule has 1 fully saturated rings. The highest BCUT2D eigenvalue weighted by Gasteiger charge is 2.41. The van der Waals surface area contributed by atoms with E-state index in [1.165, 1.54) is 0 Å². The van der Waals surface area contributed by atoms with Crippen molar-refractivity contribution in [3.05, 3.63) is 36.5 Å². The first-order valence-corrected chi connectivity index (χ1v) is 10.4. The van der Waals surface area contributed by atoms with Gasteiger partial charge in [-0.25, -0.2) is 14.4 Å². The van der Waals surface area contributed by atoms with Crippen LogP contribution in [0.5, 0.6) is 0 Å². The minimum Gasteiger partial charge on any atom is -0.317 e. The van der Waals surface area contributed by atoms with E-state index in [0.29, 0.717) is 30.3 Å². The van der Waals surface area contributed by atoms with Crippen LogP contribution in [0.2, 0.25) is 0 Å². The average Bonchev–Trinajstić information content (AvgIpc) is 3.15. The van der Waals surface area contributed by atoms with Crippen LogP contribution >= 0.6 is 0 Å². The van der Waals surface area contributed by atoms with Crippen LogP contribution in [0.3, 0.4) is 0 Å². The lowest BCUT2D eigenvalue weighted by Crippen LogP contribution is -2.47. The van der Waals surface area contributed by atoms with Gasteiger partial charge in [0.05, 0.1) is 11.9 Å². The summed E-state index contributed by atoms with van der Waals surface area (Å²) in [7, 11) is 1.87. The Hall–Kier alpha value is -2.74. The summed E-state index contributed by atoms with van der Waals surface area (Å²) in [4.78, 5) is 23.8. The van der Waals surface area contributed by atoms with Gasteiger partial charge in [-0.05, 0) is 12.0 Å². The van der Waals surface area contributed by atoms with Gasteiger partial charge >= 0.3 is 0 Å². The zero-order valence-corrected chi connectivity index (χ0v) is 17.7. The van der Waals surface area contributed by atoms with Crippen molar-refractivity contribution in [1.82, 2.24) is 29.6 Å². The third-order valence-electron chi connectivity index (χ3n) is 5.69. The maximum absolute atomic E-state index is 15.3. The SMILES string of the molecule is CC(C)CN1CCC(F)(C(=O)Cc2ncc3ccc(-c4nncn4C)cc3n2)CC1. The molecule has 7 nitrogen and oxygen atoms in total. The standard InChI is InChI=1S/C22H27FN6O/c1-15(2)13-29-8-6-22(23,7-9-29)19(30)11-20-24-12-17-5-4-16(10-18(17)26-20)21-27-25-14-28(21)3/h4-5,10,12,14-15H,6-9,11,13H2,1-3H3. The van der Waals surface area contributed by atoms with E-state index in [9.17, 15) is 4.79 Å². The van der Waals surface area contributed by atoms with E-state index in [-0.39, 0.29) is 19.3 Å². The van der Waals surface area contributed by atoms with Crippen molar-refractivity contribution in [2.24, 2.45) is 13.0 Å². The second-order valence-corrected chi connectivity index (χ2v) is 8.58. The monoisotopic (exact) mass is 410 g/mol. The molecule has 0 aliphatic carbocycles. The summed E-state index contributed by atoms with van der Waals surface area (Å²) in [5, 5.41) is 8.88. The van der Waals surface area contributed by atoms with Gasteiger partial charge in [-0.1, -0.05) is 26.0 Å². The lowest BCUT2D eigenvalue weighted by Gasteiger charge is -2.36. The number of benzene rings is 1. The van der Waals surface area contributed by atoms with Crippen LogP contribution in [-0.2, 0) is 18.3 Å². The van der Waals surface area contributed by atoms with Crippen LogP contribution < -0.4 is 0 Å². The molecule has 1 saturated heterocycles. The van der Waals surface area contributed by atoms with E-state index in [1.54, 1.807) is 12.5 Å². The van der Waals surface area contributed by atoms with Gasteiger partial charge in [0.2, 0.25) is 0 Å². The van der Waals surface area contributed by atoms with Gasteiger partial charge in [0.25, 0.3) is 0 Å². The summed E-state index contributed by atoms with van der Waals surface area (Å²) in [5.74, 6) is 1.19. The Morgan fingerprint density at radius 2 is 2.03 bits per heavy atom.